The third-order valence-corrected chi connectivity index (χ3v) is 4.43. The van der Waals surface area contributed by atoms with Gasteiger partial charge in [-0.05, 0) is 57.3 Å². The van der Waals surface area contributed by atoms with Crippen molar-refractivity contribution in [2.75, 3.05) is 0 Å². The summed E-state index contributed by atoms with van der Waals surface area (Å²) in [6, 6.07) is 0.0843. The van der Waals surface area contributed by atoms with E-state index < -0.39 is 0 Å². The number of fused-ring (bicyclic) bond motifs is 2. The van der Waals surface area contributed by atoms with E-state index in [1.54, 1.807) is 6.92 Å². The molecule has 0 spiro atoms. The fourth-order valence-corrected chi connectivity index (χ4v) is 3.77. The van der Waals surface area contributed by atoms with Crippen LogP contribution in [-0.4, -0.2) is 23.2 Å². The molecule has 2 rings (SSSR count). The summed E-state index contributed by atoms with van der Waals surface area (Å²) in [5.74, 6) is 2.54. The SMILES string of the molecule is CC(O)CC(C)NC(=O)CC1CC2CCC1C2. The first kappa shape index (κ1) is 12.9. The van der Waals surface area contributed by atoms with Gasteiger partial charge in [0, 0.05) is 12.5 Å². The van der Waals surface area contributed by atoms with Crippen LogP contribution in [0.15, 0.2) is 0 Å². The molecule has 0 saturated heterocycles. The second-order valence-electron chi connectivity index (χ2n) is 6.19. The highest BCUT2D eigenvalue weighted by Crippen LogP contribution is 2.49. The molecule has 3 heteroatoms. The number of aliphatic hydroxyl groups is 1. The number of amides is 1. The van der Waals surface area contributed by atoms with Crippen LogP contribution >= 0.6 is 0 Å². The zero-order valence-corrected chi connectivity index (χ0v) is 11.0. The van der Waals surface area contributed by atoms with Crippen molar-refractivity contribution in [3.05, 3.63) is 0 Å². The molecule has 2 aliphatic rings. The van der Waals surface area contributed by atoms with Crippen LogP contribution in [0.5, 0.6) is 0 Å². The van der Waals surface area contributed by atoms with E-state index in [0.29, 0.717) is 18.8 Å². The Balaban J connectivity index is 1.70. The van der Waals surface area contributed by atoms with Crippen molar-refractivity contribution in [1.82, 2.24) is 5.32 Å². The number of nitrogens with one attached hydrogen (secondary N) is 1. The van der Waals surface area contributed by atoms with Crippen LogP contribution in [0.3, 0.4) is 0 Å². The molecule has 2 fully saturated rings. The third-order valence-electron chi connectivity index (χ3n) is 4.43. The summed E-state index contributed by atoms with van der Waals surface area (Å²) in [6.45, 7) is 3.73. The standard InChI is InChI=1S/C14H25NO2/c1-9(5-10(2)16)15-14(17)8-13-7-11-3-4-12(13)6-11/h9-13,16H,3-8H2,1-2H3,(H,15,17). The van der Waals surface area contributed by atoms with Crippen LogP contribution in [0.2, 0.25) is 0 Å². The number of carbonyl (C=O) groups excluding carboxylic acids is 1. The molecule has 2 aliphatic carbocycles. The van der Waals surface area contributed by atoms with E-state index in [1.807, 2.05) is 6.92 Å². The van der Waals surface area contributed by atoms with Gasteiger partial charge in [-0.2, -0.15) is 0 Å². The van der Waals surface area contributed by atoms with E-state index in [1.165, 1.54) is 25.7 Å². The van der Waals surface area contributed by atoms with Crippen molar-refractivity contribution >= 4 is 5.91 Å². The molecule has 1 amide bonds. The first-order valence-electron chi connectivity index (χ1n) is 7.02. The molecular formula is C14H25NO2. The molecule has 0 heterocycles. The van der Waals surface area contributed by atoms with Crippen molar-refractivity contribution in [1.29, 1.82) is 0 Å². The molecule has 5 unspecified atom stereocenters. The molecule has 2 N–H and O–H groups in total. The van der Waals surface area contributed by atoms with Crippen molar-refractivity contribution in [3.8, 4) is 0 Å². The highest BCUT2D eigenvalue weighted by molar-refractivity contribution is 5.76. The maximum absolute atomic E-state index is 11.9. The van der Waals surface area contributed by atoms with Crippen LogP contribution in [0.1, 0.15) is 52.4 Å². The summed E-state index contributed by atoms with van der Waals surface area (Å²) < 4.78 is 0. The average molecular weight is 239 g/mol. The fraction of sp³-hybridized carbons (Fsp3) is 0.929. The number of aliphatic hydroxyl groups excluding tert-OH is 1. The lowest BCUT2D eigenvalue weighted by molar-refractivity contribution is -0.123. The zero-order chi connectivity index (χ0) is 12.4. The summed E-state index contributed by atoms with van der Waals surface area (Å²) in [7, 11) is 0. The second kappa shape index (κ2) is 5.38. The number of carbonyl (C=O) groups is 1. The van der Waals surface area contributed by atoms with Crippen LogP contribution in [0, 0.1) is 17.8 Å². The summed E-state index contributed by atoms with van der Waals surface area (Å²) in [4.78, 5) is 11.9. The molecule has 0 aromatic carbocycles. The van der Waals surface area contributed by atoms with Gasteiger partial charge < -0.3 is 10.4 Å². The largest absolute Gasteiger partial charge is 0.393 e. The van der Waals surface area contributed by atoms with Gasteiger partial charge in [0.05, 0.1) is 6.10 Å². The minimum atomic E-state index is -0.340. The van der Waals surface area contributed by atoms with Gasteiger partial charge in [-0.15, -0.1) is 0 Å². The number of hydrogen-bond acceptors (Lipinski definition) is 2. The van der Waals surface area contributed by atoms with E-state index in [0.717, 1.165) is 11.8 Å². The van der Waals surface area contributed by atoms with E-state index in [-0.39, 0.29) is 18.1 Å². The Hall–Kier alpha value is -0.570. The Morgan fingerprint density at radius 2 is 2.12 bits per heavy atom. The highest BCUT2D eigenvalue weighted by Gasteiger charge is 2.40. The summed E-state index contributed by atoms with van der Waals surface area (Å²) in [5, 5.41) is 12.3. The molecule has 5 atom stereocenters. The van der Waals surface area contributed by atoms with Gasteiger partial charge in [-0.1, -0.05) is 6.42 Å². The molecule has 0 aromatic rings. The summed E-state index contributed by atoms with van der Waals surface area (Å²) in [5.41, 5.74) is 0. The maximum Gasteiger partial charge on any atom is 0.220 e. The fourth-order valence-electron chi connectivity index (χ4n) is 3.77. The van der Waals surface area contributed by atoms with Gasteiger partial charge in [-0.25, -0.2) is 0 Å². The van der Waals surface area contributed by atoms with E-state index in [4.69, 9.17) is 0 Å². The first-order valence-corrected chi connectivity index (χ1v) is 7.02. The van der Waals surface area contributed by atoms with Crippen LogP contribution in [0.4, 0.5) is 0 Å². The Morgan fingerprint density at radius 1 is 1.35 bits per heavy atom. The van der Waals surface area contributed by atoms with E-state index in [2.05, 4.69) is 5.32 Å². The number of rotatable bonds is 5. The molecule has 3 nitrogen and oxygen atoms in total. The Labute approximate surface area is 104 Å². The van der Waals surface area contributed by atoms with Crippen molar-refractivity contribution in [3.63, 3.8) is 0 Å². The molecule has 98 valence electrons. The topological polar surface area (TPSA) is 49.3 Å². The van der Waals surface area contributed by atoms with Crippen LogP contribution < -0.4 is 5.32 Å². The van der Waals surface area contributed by atoms with E-state index >= 15 is 0 Å². The summed E-state index contributed by atoms with van der Waals surface area (Å²) >= 11 is 0. The summed E-state index contributed by atoms with van der Waals surface area (Å²) in [6.07, 6.45) is 6.36. The average Bonchev–Trinajstić information content (AvgIpc) is 2.76. The minimum Gasteiger partial charge on any atom is -0.393 e. The lowest BCUT2D eigenvalue weighted by atomic mass is 9.86. The van der Waals surface area contributed by atoms with Crippen molar-refractivity contribution in [2.45, 2.75) is 64.5 Å². The minimum absolute atomic E-state index is 0.0843. The zero-order valence-electron chi connectivity index (χ0n) is 11.0. The molecule has 0 aliphatic heterocycles. The predicted octanol–water partition coefficient (Wildman–Crippen LogP) is 2.09. The Bertz CT molecular complexity index is 277. The number of hydrogen-bond donors (Lipinski definition) is 2. The van der Waals surface area contributed by atoms with Crippen molar-refractivity contribution in [2.24, 2.45) is 17.8 Å². The van der Waals surface area contributed by atoms with Gasteiger partial charge in [0.1, 0.15) is 0 Å². The molecule has 2 bridgehead atoms. The normalized spacial score (nSPS) is 34.6. The third kappa shape index (κ3) is 3.44. The van der Waals surface area contributed by atoms with Crippen LogP contribution in [0.25, 0.3) is 0 Å². The maximum atomic E-state index is 11.9. The first-order chi connectivity index (χ1) is 8.04. The molecule has 17 heavy (non-hydrogen) atoms. The second-order valence-corrected chi connectivity index (χ2v) is 6.19. The Morgan fingerprint density at radius 3 is 2.65 bits per heavy atom. The smallest absolute Gasteiger partial charge is 0.220 e. The molecule has 0 aromatic heterocycles. The van der Waals surface area contributed by atoms with Gasteiger partial charge in [0.2, 0.25) is 5.91 Å². The quantitative estimate of drug-likeness (QED) is 0.772. The van der Waals surface area contributed by atoms with Crippen molar-refractivity contribution < 1.29 is 9.90 Å². The van der Waals surface area contributed by atoms with E-state index in [9.17, 15) is 9.90 Å². The monoisotopic (exact) mass is 239 g/mol. The lowest BCUT2D eigenvalue weighted by Crippen LogP contribution is -2.36. The highest BCUT2D eigenvalue weighted by atomic mass is 16.3. The van der Waals surface area contributed by atoms with Gasteiger partial charge in [0.25, 0.3) is 0 Å². The van der Waals surface area contributed by atoms with Gasteiger partial charge >= 0.3 is 0 Å². The molecule has 0 radical (unpaired) electrons. The van der Waals surface area contributed by atoms with Crippen LogP contribution in [-0.2, 0) is 4.79 Å². The van der Waals surface area contributed by atoms with Gasteiger partial charge in [-0.3, -0.25) is 4.79 Å². The molecule has 2 saturated carbocycles. The Kier molecular flexibility index (Phi) is 4.08. The lowest BCUT2D eigenvalue weighted by Gasteiger charge is -2.22. The predicted molar refractivity (Wildman–Crippen MR) is 67.5 cm³/mol. The molecular weight excluding hydrogens is 214 g/mol. The van der Waals surface area contributed by atoms with Gasteiger partial charge in [0.15, 0.2) is 0 Å².